The molecule has 1 amide bonds. The molecule has 96 valence electrons. The van der Waals surface area contributed by atoms with Crippen LogP contribution in [0, 0.1) is 11.3 Å². The number of nitrogens with zero attached hydrogens (tertiary/aromatic N) is 1. The zero-order valence-electron chi connectivity index (χ0n) is 10.3. The topological polar surface area (TPSA) is 52.9 Å². The van der Waals surface area contributed by atoms with Crippen molar-refractivity contribution in [1.82, 2.24) is 0 Å². The summed E-state index contributed by atoms with van der Waals surface area (Å²) in [6.07, 6.45) is 0. The van der Waals surface area contributed by atoms with E-state index < -0.39 is 0 Å². The van der Waals surface area contributed by atoms with E-state index in [1.165, 1.54) is 11.3 Å². The SMILES string of the molecule is CCSc1ccccc1C(=O)Nc1sccc1C#N. The van der Waals surface area contributed by atoms with Gasteiger partial charge in [-0.25, -0.2) is 0 Å². The summed E-state index contributed by atoms with van der Waals surface area (Å²) < 4.78 is 0. The minimum Gasteiger partial charge on any atom is -0.312 e. The third-order valence-corrected chi connectivity index (χ3v) is 4.23. The Morgan fingerprint density at radius 3 is 2.95 bits per heavy atom. The van der Waals surface area contributed by atoms with Gasteiger partial charge < -0.3 is 5.32 Å². The molecule has 0 aliphatic rings. The van der Waals surface area contributed by atoms with Crippen LogP contribution in [-0.4, -0.2) is 11.7 Å². The second-order valence-electron chi connectivity index (χ2n) is 3.66. The first kappa shape index (κ1) is 13.7. The Balaban J connectivity index is 2.23. The fourth-order valence-corrected chi connectivity index (χ4v) is 3.13. The molecular weight excluding hydrogens is 276 g/mol. The van der Waals surface area contributed by atoms with E-state index in [4.69, 9.17) is 5.26 Å². The van der Waals surface area contributed by atoms with Crippen LogP contribution < -0.4 is 5.32 Å². The molecule has 0 fully saturated rings. The van der Waals surface area contributed by atoms with Gasteiger partial charge in [0, 0.05) is 4.90 Å². The average molecular weight is 288 g/mol. The van der Waals surface area contributed by atoms with Crippen LogP contribution in [0.5, 0.6) is 0 Å². The van der Waals surface area contributed by atoms with Gasteiger partial charge >= 0.3 is 0 Å². The number of hydrogen-bond acceptors (Lipinski definition) is 4. The zero-order valence-corrected chi connectivity index (χ0v) is 12.0. The van der Waals surface area contributed by atoms with Crippen molar-refractivity contribution in [3.63, 3.8) is 0 Å². The van der Waals surface area contributed by atoms with Crippen molar-refractivity contribution in [3.05, 3.63) is 46.8 Å². The van der Waals surface area contributed by atoms with Crippen molar-refractivity contribution in [2.75, 3.05) is 11.1 Å². The standard InChI is InChI=1S/C14H12N2OS2/c1-2-18-12-6-4-3-5-11(12)13(17)16-14-10(9-15)7-8-19-14/h3-8H,2H2,1H3,(H,16,17). The van der Waals surface area contributed by atoms with Crippen LogP contribution in [0.1, 0.15) is 22.8 Å². The van der Waals surface area contributed by atoms with Crippen LogP contribution >= 0.6 is 23.1 Å². The van der Waals surface area contributed by atoms with Gasteiger partial charge in [0.15, 0.2) is 0 Å². The molecule has 0 spiro atoms. The molecular formula is C14H12N2OS2. The second-order valence-corrected chi connectivity index (χ2v) is 5.88. The maximum absolute atomic E-state index is 12.2. The third kappa shape index (κ3) is 3.16. The lowest BCUT2D eigenvalue weighted by Gasteiger charge is -2.08. The Hall–Kier alpha value is -1.77. The van der Waals surface area contributed by atoms with Gasteiger partial charge in [0.25, 0.3) is 5.91 Å². The van der Waals surface area contributed by atoms with Gasteiger partial charge in [-0.2, -0.15) is 5.26 Å². The van der Waals surface area contributed by atoms with Gasteiger partial charge in [-0.3, -0.25) is 4.79 Å². The van der Waals surface area contributed by atoms with Crippen LogP contribution in [0.4, 0.5) is 5.00 Å². The fourth-order valence-electron chi connectivity index (χ4n) is 1.60. The summed E-state index contributed by atoms with van der Waals surface area (Å²) >= 11 is 2.99. The molecule has 0 atom stereocenters. The molecule has 2 rings (SSSR count). The Kier molecular flexibility index (Phi) is 4.61. The second kappa shape index (κ2) is 6.41. The molecule has 1 aromatic heterocycles. The van der Waals surface area contributed by atoms with E-state index in [0.717, 1.165) is 10.6 Å². The maximum atomic E-state index is 12.2. The van der Waals surface area contributed by atoms with E-state index in [1.807, 2.05) is 25.1 Å². The lowest BCUT2D eigenvalue weighted by molar-refractivity contribution is 0.102. The molecule has 0 saturated heterocycles. The summed E-state index contributed by atoms with van der Waals surface area (Å²) in [6.45, 7) is 2.05. The van der Waals surface area contributed by atoms with Crippen molar-refractivity contribution in [1.29, 1.82) is 5.26 Å². The van der Waals surface area contributed by atoms with Gasteiger partial charge in [-0.1, -0.05) is 19.1 Å². The first-order valence-corrected chi connectivity index (χ1v) is 7.63. The average Bonchev–Trinajstić information content (AvgIpc) is 2.87. The molecule has 5 heteroatoms. The molecule has 3 nitrogen and oxygen atoms in total. The Labute approximate surface area is 120 Å². The largest absolute Gasteiger partial charge is 0.312 e. The first-order chi connectivity index (χ1) is 9.26. The Morgan fingerprint density at radius 2 is 2.21 bits per heavy atom. The Morgan fingerprint density at radius 1 is 1.42 bits per heavy atom. The van der Waals surface area contributed by atoms with Gasteiger partial charge in [-0.15, -0.1) is 23.1 Å². The molecule has 0 aliphatic carbocycles. The van der Waals surface area contributed by atoms with Crippen molar-refractivity contribution in [3.8, 4) is 6.07 Å². The highest BCUT2D eigenvalue weighted by molar-refractivity contribution is 7.99. The van der Waals surface area contributed by atoms with E-state index >= 15 is 0 Å². The van der Waals surface area contributed by atoms with Crippen LogP contribution in [-0.2, 0) is 0 Å². The summed E-state index contributed by atoms with van der Waals surface area (Å²) in [6, 6.07) is 11.3. The number of thioether (sulfide) groups is 1. The molecule has 0 radical (unpaired) electrons. The molecule has 0 saturated carbocycles. The number of nitrogens with one attached hydrogen (secondary N) is 1. The number of nitriles is 1. The minimum atomic E-state index is -0.171. The summed E-state index contributed by atoms with van der Waals surface area (Å²) in [5.74, 6) is 0.739. The van der Waals surface area contributed by atoms with Crippen molar-refractivity contribution >= 4 is 34.0 Å². The van der Waals surface area contributed by atoms with Gasteiger partial charge in [0.2, 0.25) is 0 Å². The minimum absolute atomic E-state index is 0.171. The summed E-state index contributed by atoms with van der Waals surface area (Å²) in [5, 5.41) is 14.1. The lowest BCUT2D eigenvalue weighted by atomic mass is 10.2. The molecule has 2 aromatic rings. The highest BCUT2D eigenvalue weighted by Gasteiger charge is 2.13. The summed E-state index contributed by atoms with van der Waals surface area (Å²) in [5.41, 5.74) is 1.14. The number of thiophene rings is 1. The zero-order chi connectivity index (χ0) is 13.7. The third-order valence-electron chi connectivity index (χ3n) is 2.44. The number of carbonyl (C=O) groups is 1. The highest BCUT2D eigenvalue weighted by Crippen LogP contribution is 2.26. The van der Waals surface area contributed by atoms with Gasteiger partial charge in [0.05, 0.1) is 11.1 Å². The monoisotopic (exact) mass is 288 g/mol. The normalized spacial score (nSPS) is 9.89. The lowest BCUT2D eigenvalue weighted by Crippen LogP contribution is -2.12. The van der Waals surface area contributed by atoms with E-state index in [-0.39, 0.29) is 5.91 Å². The molecule has 0 unspecified atom stereocenters. The van der Waals surface area contributed by atoms with Crippen LogP contribution in [0.3, 0.4) is 0 Å². The summed E-state index contributed by atoms with van der Waals surface area (Å²) in [7, 11) is 0. The molecule has 0 bridgehead atoms. The van der Waals surface area contributed by atoms with Crippen molar-refractivity contribution < 1.29 is 4.79 Å². The highest BCUT2D eigenvalue weighted by atomic mass is 32.2. The number of anilines is 1. The predicted octanol–water partition coefficient (Wildman–Crippen LogP) is 3.98. The van der Waals surface area contributed by atoms with Gasteiger partial charge in [0.1, 0.15) is 11.1 Å². The Bertz CT molecular complexity index is 628. The van der Waals surface area contributed by atoms with Crippen LogP contribution in [0.2, 0.25) is 0 Å². The molecule has 1 N–H and O–H groups in total. The van der Waals surface area contributed by atoms with E-state index in [0.29, 0.717) is 16.1 Å². The van der Waals surface area contributed by atoms with E-state index in [9.17, 15) is 4.79 Å². The number of carbonyl (C=O) groups excluding carboxylic acids is 1. The number of rotatable bonds is 4. The van der Waals surface area contributed by atoms with Crippen molar-refractivity contribution in [2.45, 2.75) is 11.8 Å². The molecule has 19 heavy (non-hydrogen) atoms. The maximum Gasteiger partial charge on any atom is 0.257 e. The molecule has 1 heterocycles. The smallest absolute Gasteiger partial charge is 0.257 e. The van der Waals surface area contributed by atoms with E-state index in [1.54, 1.807) is 29.3 Å². The van der Waals surface area contributed by atoms with Gasteiger partial charge in [-0.05, 0) is 29.3 Å². The number of hydrogen-bond donors (Lipinski definition) is 1. The summed E-state index contributed by atoms with van der Waals surface area (Å²) in [4.78, 5) is 13.2. The molecule has 1 aromatic carbocycles. The van der Waals surface area contributed by atoms with Crippen LogP contribution in [0.15, 0.2) is 40.6 Å². The first-order valence-electron chi connectivity index (χ1n) is 5.77. The number of benzene rings is 1. The van der Waals surface area contributed by atoms with Crippen LogP contribution in [0.25, 0.3) is 0 Å². The molecule has 0 aliphatic heterocycles. The van der Waals surface area contributed by atoms with E-state index in [2.05, 4.69) is 11.4 Å². The quantitative estimate of drug-likeness (QED) is 0.866. The number of amides is 1. The fraction of sp³-hybridized carbons (Fsp3) is 0.143. The predicted molar refractivity (Wildman–Crippen MR) is 79.8 cm³/mol. The van der Waals surface area contributed by atoms with Crippen molar-refractivity contribution in [2.24, 2.45) is 0 Å².